The van der Waals surface area contributed by atoms with Gasteiger partial charge >= 0.3 is 0 Å². The second kappa shape index (κ2) is 9.44. The first-order valence-electron chi connectivity index (χ1n) is 14.8. The Morgan fingerprint density at radius 1 is 0.279 bits per heavy atom. The van der Waals surface area contributed by atoms with Gasteiger partial charge in [-0.15, -0.1) is 0 Å². The summed E-state index contributed by atoms with van der Waals surface area (Å²) in [4.78, 5) is 0. The lowest BCUT2D eigenvalue weighted by atomic mass is 9.92. The molecule has 0 fully saturated rings. The highest BCUT2D eigenvalue weighted by molar-refractivity contribution is 6.14. The molecule has 0 spiro atoms. The quantitative estimate of drug-likeness (QED) is 0.201. The SMILES string of the molecule is c1ccc2c(c1)cc(-c1ccc(-c3ccc4cc(-c5ccc6oc7ccccc7c6c5)ccc4c3)cc1)c1ccccc12. The minimum Gasteiger partial charge on any atom is -0.456 e. The van der Waals surface area contributed by atoms with E-state index in [1.165, 1.54) is 65.7 Å². The van der Waals surface area contributed by atoms with Crippen molar-refractivity contribution >= 4 is 54.3 Å². The highest BCUT2D eigenvalue weighted by Gasteiger charge is 2.11. The molecule has 0 unspecified atom stereocenters. The smallest absolute Gasteiger partial charge is 0.135 e. The summed E-state index contributed by atoms with van der Waals surface area (Å²) >= 11 is 0. The molecule has 200 valence electrons. The third-order valence-electron chi connectivity index (χ3n) is 8.85. The Labute approximate surface area is 249 Å². The number of benzene rings is 8. The van der Waals surface area contributed by atoms with Crippen molar-refractivity contribution in [2.45, 2.75) is 0 Å². The van der Waals surface area contributed by atoms with Gasteiger partial charge < -0.3 is 4.42 Å². The predicted molar refractivity (Wildman–Crippen MR) is 183 cm³/mol. The van der Waals surface area contributed by atoms with Crippen molar-refractivity contribution in [1.29, 1.82) is 0 Å². The fourth-order valence-electron chi connectivity index (χ4n) is 6.65. The van der Waals surface area contributed by atoms with E-state index in [0.717, 1.165) is 21.9 Å². The second-order valence-corrected chi connectivity index (χ2v) is 11.4. The van der Waals surface area contributed by atoms with E-state index >= 15 is 0 Å². The maximum atomic E-state index is 6.04. The Morgan fingerprint density at radius 3 is 1.60 bits per heavy atom. The van der Waals surface area contributed by atoms with Gasteiger partial charge in [0.25, 0.3) is 0 Å². The third kappa shape index (κ3) is 3.94. The van der Waals surface area contributed by atoms with Gasteiger partial charge in [0.05, 0.1) is 0 Å². The first-order chi connectivity index (χ1) is 21.3. The summed E-state index contributed by atoms with van der Waals surface area (Å²) in [7, 11) is 0. The average molecular weight is 547 g/mol. The summed E-state index contributed by atoms with van der Waals surface area (Å²) < 4.78 is 6.04. The lowest BCUT2D eigenvalue weighted by molar-refractivity contribution is 0.669. The van der Waals surface area contributed by atoms with Crippen LogP contribution in [0.4, 0.5) is 0 Å². The number of rotatable bonds is 3. The zero-order chi connectivity index (χ0) is 28.3. The molecule has 1 heteroatoms. The van der Waals surface area contributed by atoms with E-state index in [9.17, 15) is 0 Å². The highest BCUT2D eigenvalue weighted by atomic mass is 16.3. The summed E-state index contributed by atoms with van der Waals surface area (Å²) in [6.07, 6.45) is 0. The summed E-state index contributed by atoms with van der Waals surface area (Å²) in [6.45, 7) is 0. The van der Waals surface area contributed by atoms with Gasteiger partial charge in [0.15, 0.2) is 0 Å². The van der Waals surface area contributed by atoms with Gasteiger partial charge in [-0.25, -0.2) is 0 Å². The van der Waals surface area contributed by atoms with Gasteiger partial charge in [0.1, 0.15) is 11.2 Å². The molecule has 0 aliphatic heterocycles. The van der Waals surface area contributed by atoms with Crippen LogP contribution in [0.15, 0.2) is 162 Å². The topological polar surface area (TPSA) is 13.1 Å². The molecule has 0 N–H and O–H groups in total. The average Bonchev–Trinajstić information content (AvgIpc) is 3.45. The molecule has 8 aromatic carbocycles. The van der Waals surface area contributed by atoms with Crippen LogP contribution in [-0.2, 0) is 0 Å². The van der Waals surface area contributed by atoms with E-state index < -0.39 is 0 Å². The van der Waals surface area contributed by atoms with Gasteiger partial charge in [-0.1, -0.05) is 121 Å². The summed E-state index contributed by atoms with van der Waals surface area (Å²) in [5, 5.41) is 9.94. The number of fused-ring (bicyclic) bond motifs is 7. The van der Waals surface area contributed by atoms with Crippen molar-refractivity contribution in [2.24, 2.45) is 0 Å². The third-order valence-corrected chi connectivity index (χ3v) is 8.85. The molecular weight excluding hydrogens is 520 g/mol. The van der Waals surface area contributed by atoms with E-state index in [-0.39, 0.29) is 0 Å². The van der Waals surface area contributed by atoms with Gasteiger partial charge in [0.2, 0.25) is 0 Å². The van der Waals surface area contributed by atoms with Gasteiger partial charge in [-0.2, -0.15) is 0 Å². The lowest BCUT2D eigenvalue weighted by Gasteiger charge is -2.12. The van der Waals surface area contributed by atoms with E-state index in [2.05, 4.69) is 146 Å². The highest BCUT2D eigenvalue weighted by Crippen LogP contribution is 2.37. The van der Waals surface area contributed by atoms with Crippen molar-refractivity contribution in [3.05, 3.63) is 158 Å². The molecule has 0 aliphatic carbocycles. The van der Waals surface area contributed by atoms with Crippen LogP contribution in [0.1, 0.15) is 0 Å². The Balaban J connectivity index is 1.06. The first kappa shape index (κ1) is 24.0. The van der Waals surface area contributed by atoms with Gasteiger partial charge in [0, 0.05) is 10.8 Å². The molecule has 1 nitrogen and oxygen atoms in total. The number of hydrogen-bond donors (Lipinski definition) is 0. The molecule has 0 amide bonds. The van der Waals surface area contributed by atoms with E-state index in [0.29, 0.717) is 0 Å². The Morgan fingerprint density at radius 2 is 0.814 bits per heavy atom. The predicted octanol–water partition coefficient (Wildman–Crippen LogP) is 12.0. The second-order valence-electron chi connectivity index (χ2n) is 11.4. The zero-order valence-electron chi connectivity index (χ0n) is 23.4. The van der Waals surface area contributed by atoms with Crippen LogP contribution in [0.25, 0.3) is 87.6 Å². The van der Waals surface area contributed by atoms with Crippen LogP contribution < -0.4 is 0 Å². The standard InChI is InChI=1S/C42H26O/c1-2-8-35-34(7-1)26-39(37-10-4-3-9-36(35)37)28-15-13-27(14-16-28)29-17-18-31-24-32(20-19-30(31)23-29)33-21-22-42-40(25-33)38-11-5-6-12-41(38)43-42/h1-26H. The van der Waals surface area contributed by atoms with Gasteiger partial charge in [-0.3, -0.25) is 0 Å². The molecule has 43 heavy (non-hydrogen) atoms. The van der Waals surface area contributed by atoms with Crippen molar-refractivity contribution < 1.29 is 4.42 Å². The molecule has 0 saturated carbocycles. The number of hydrogen-bond acceptors (Lipinski definition) is 1. The van der Waals surface area contributed by atoms with Crippen molar-refractivity contribution in [1.82, 2.24) is 0 Å². The molecule has 0 saturated heterocycles. The molecule has 9 rings (SSSR count). The summed E-state index contributed by atoms with van der Waals surface area (Å²) in [6, 6.07) is 57.0. The summed E-state index contributed by atoms with van der Waals surface area (Å²) in [5.74, 6) is 0. The number of para-hydroxylation sites is 1. The molecule has 9 aromatic rings. The minimum atomic E-state index is 0.926. The van der Waals surface area contributed by atoms with Crippen molar-refractivity contribution in [3.63, 3.8) is 0 Å². The minimum absolute atomic E-state index is 0.926. The molecular formula is C42H26O. The Hall–Kier alpha value is -5.66. The van der Waals surface area contributed by atoms with Crippen LogP contribution in [0.5, 0.6) is 0 Å². The molecule has 1 aromatic heterocycles. The van der Waals surface area contributed by atoms with Crippen molar-refractivity contribution in [3.8, 4) is 33.4 Å². The van der Waals surface area contributed by atoms with Gasteiger partial charge in [-0.05, 0) is 102 Å². The lowest BCUT2D eigenvalue weighted by Crippen LogP contribution is -1.85. The first-order valence-corrected chi connectivity index (χ1v) is 14.8. The van der Waals surface area contributed by atoms with Crippen LogP contribution in [-0.4, -0.2) is 0 Å². The van der Waals surface area contributed by atoms with Crippen LogP contribution >= 0.6 is 0 Å². The van der Waals surface area contributed by atoms with Crippen LogP contribution in [0, 0.1) is 0 Å². The fourth-order valence-corrected chi connectivity index (χ4v) is 6.65. The number of furan rings is 1. The molecule has 0 radical (unpaired) electrons. The van der Waals surface area contributed by atoms with E-state index in [4.69, 9.17) is 4.42 Å². The van der Waals surface area contributed by atoms with Crippen molar-refractivity contribution in [2.75, 3.05) is 0 Å². The fraction of sp³-hybridized carbons (Fsp3) is 0. The Bertz CT molecular complexity index is 2500. The maximum absolute atomic E-state index is 6.04. The monoisotopic (exact) mass is 546 g/mol. The summed E-state index contributed by atoms with van der Waals surface area (Å²) in [5.41, 5.74) is 9.21. The maximum Gasteiger partial charge on any atom is 0.135 e. The van der Waals surface area contributed by atoms with Crippen LogP contribution in [0.2, 0.25) is 0 Å². The Kier molecular flexibility index (Phi) is 5.27. The van der Waals surface area contributed by atoms with Crippen LogP contribution in [0.3, 0.4) is 0 Å². The van der Waals surface area contributed by atoms with E-state index in [1.54, 1.807) is 0 Å². The molecule has 0 atom stereocenters. The molecule has 0 aliphatic rings. The zero-order valence-corrected chi connectivity index (χ0v) is 23.4. The van der Waals surface area contributed by atoms with E-state index in [1.807, 2.05) is 12.1 Å². The normalized spacial score (nSPS) is 11.7. The molecule has 0 bridgehead atoms. The molecule has 1 heterocycles. The largest absolute Gasteiger partial charge is 0.456 e.